The molecular weight excluding hydrogens is 336 g/mol. The first-order valence-electron chi connectivity index (χ1n) is 8.82. The van der Waals surface area contributed by atoms with Gasteiger partial charge in [0.2, 0.25) is 0 Å². The lowest BCUT2D eigenvalue weighted by atomic mass is 10.00. The van der Waals surface area contributed by atoms with Crippen LogP contribution < -0.4 is 5.32 Å². The third-order valence-electron chi connectivity index (χ3n) is 4.68. The number of nitriles is 1. The Morgan fingerprint density at radius 3 is 2.67 bits per heavy atom. The van der Waals surface area contributed by atoms with Gasteiger partial charge in [0.1, 0.15) is 5.69 Å². The summed E-state index contributed by atoms with van der Waals surface area (Å²) in [4.78, 5) is 18.9. The Kier molecular flexibility index (Phi) is 4.54. The van der Waals surface area contributed by atoms with Crippen LogP contribution in [0.4, 0.5) is 11.4 Å². The molecule has 5 nitrogen and oxygen atoms in total. The Morgan fingerprint density at radius 2 is 1.89 bits per heavy atom. The van der Waals surface area contributed by atoms with Crippen LogP contribution in [0.15, 0.2) is 66.9 Å². The van der Waals surface area contributed by atoms with E-state index >= 15 is 0 Å². The minimum absolute atomic E-state index is 0.0532. The summed E-state index contributed by atoms with van der Waals surface area (Å²) in [6.45, 7) is 1.33. The summed E-state index contributed by atoms with van der Waals surface area (Å²) in [6, 6.07) is 21.1. The fraction of sp³-hybridized carbons (Fsp3) is 0.136. The molecule has 0 saturated heterocycles. The number of carbonyl (C=O) groups is 1. The van der Waals surface area contributed by atoms with Crippen molar-refractivity contribution in [3.63, 3.8) is 0 Å². The third kappa shape index (κ3) is 3.65. The number of fused-ring (bicyclic) bond motifs is 1. The van der Waals surface area contributed by atoms with Crippen molar-refractivity contribution in [2.75, 3.05) is 11.9 Å². The van der Waals surface area contributed by atoms with E-state index in [9.17, 15) is 4.79 Å². The van der Waals surface area contributed by atoms with E-state index in [0.717, 1.165) is 17.8 Å². The molecule has 27 heavy (non-hydrogen) atoms. The van der Waals surface area contributed by atoms with Crippen LogP contribution in [0, 0.1) is 11.3 Å². The second kappa shape index (κ2) is 7.30. The summed E-state index contributed by atoms with van der Waals surface area (Å²) in [7, 11) is 0. The van der Waals surface area contributed by atoms with Gasteiger partial charge in [-0.25, -0.2) is 4.98 Å². The highest BCUT2D eigenvalue weighted by molar-refractivity contribution is 5.92. The molecule has 0 radical (unpaired) electrons. The summed E-state index contributed by atoms with van der Waals surface area (Å²) >= 11 is 0. The largest absolute Gasteiger partial charge is 0.354 e. The number of pyridine rings is 1. The van der Waals surface area contributed by atoms with Crippen LogP contribution in [0.5, 0.6) is 0 Å². The molecule has 0 atom stereocenters. The van der Waals surface area contributed by atoms with Crippen molar-refractivity contribution in [2.45, 2.75) is 13.0 Å². The fourth-order valence-electron chi connectivity index (χ4n) is 3.26. The van der Waals surface area contributed by atoms with Crippen LogP contribution in [-0.2, 0) is 13.0 Å². The van der Waals surface area contributed by atoms with Gasteiger partial charge < -0.3 is 10.2 Å². The minimum Gasteiger partial charge on any atom is -0.354 e. The molecule has 1 aliphatic rings. The molecule has 1 aliphatic heterocycles. The Bertz CT molecular complexity index is 1020. The number of nitrogens with one attached hydrogen (secondary N) is 1. The van der Waals surface area contributed by atoms with Gasteiger partial charge in [0.25, 0.3) is 5.91 Å². The van der Waals surface area contributed by atoms with E-state index in [1.807, 2.05) is 35.2 Å². The zero-order chi connectivity index (χ0) is 18.6. The second-order valence-electron chi connectivity index (χ2n) is 6.50. The van der Waals surface area contributed by atoms with Gasteiger partial charge in [0.05, 0.1) is 23.5 Å². The van der Waals surface area contributed by atoms with Gasteiger partial charge in [0.15, 0.2) is 0 Å². The zero-order valence-corrected chi connectivity index (χ0v) is 14.7. The summed E-state index contributed by atoms with van der Waals surface area (Å²) in [5.41, 5.74) is 5.12. The van der Waals surface area contributed by atoms with Gasteiger partial charge in [-0.2, -0.15) is 5.26 Å². The molecular formula is C22H18N4O. The normalized spacial score (nSPS) is 12.8. The maximum Gasteiger partial charge on any atom is 0.272 e. The summed E-state index contributed by atoms with van der Waals surface area (Å²) in [6.07, 6.45) is 2.51. The highest BCUT2D eigenvalue weighted by Crippen LogP contribution is 2.21. The van der Waals surface area contributed by atoms with E-state index in [4.69, 9.17) is 5.26 Å². The topological polar surface area (TPSA) is 69.0 Å². The van der Waals surface area contributed by atoms with Crippen LogP contribution in [-0.4, -0.2) is 22.3 Å². The summed E-state index contributed by atoms with van der Waals surface area (Å²) < 4.78 is 0. The van der Waals surface area contributed by atoms with Crippen molar-refractivity contribution in [2.24, 2.45) is 0 Å². The Labute approximate surface area is 157 Å². The van der Waals surface area contributed by atoms with Gasteiger partial charge >= 0.3 is 0 Å². The van der Waals surface area contributed by atoms with Crippen molar-refractivity contribution >= 4 is 17.3 Å². The maximum atomic E-state index is 12.8. The maximum absolute atomic E-state index is 12.8. The lowest BCUT2D eigenvalue weighted by Crippen LogP contribution is -2.36. The average Bonchev–Trinajstić information content (AvgIpc) is 2.73. The van der Waals surface area contributed by atoms with Crippen molar-refractivity contribution in [1.82, 2.24) is 9.88 Å². The van der Waals surface area contributed by atoms with Crippen molar-refractivity contribution in [1.29, 1.82) is 5.26 Å². The summed E-state index contributed by atoms with van der Waals surface area (Å²) in [5, 5.41) is 12.2. The standard InChI is InChI=1S/C22H18N4O/c23-13-16-4-3-7-19(12-16)25-20-8-9-21(24-14-20)22(27)26-11-10-17-5-1-2-6-18(17)15-26/h1-9,12,14,25H,10-11,15H2. The van der Waals surface area contributed by atoms with Gasteiger partial charge in [0, 0.05) is 18.8 Å². The average molecular weight is 354 g/mol. The molecule has 1 amide bonds. The Hall–Kier alpha value is -3.65. The Balaban J connectivity index is 1.46. The quantitative estimate of drug-likeness (QED) is 0.775. The van der Waals surface area contributed by atoms with Gasteiger partial charge in [-0.15, -0.1) is 0 Å². The van der Waals surface area contributed by atoms with E-state index in [-0.39, 0.29) is 5.91 Å². The number of carbonyl (C=O) groups excluding carboxylic acids is 1. The molecule has 2 heterocycles. The van der Waals surface area contributed by atoms with E-state index in [2.05, 4.69) is 28.5 Å². The van der Waals surface area contributed by atoms with Crippen LogP contribution in [0.2, 0.25) is 0 Å². The first-order chi connectivity index (χ1) is 13.2. The molecule has 1 aromatic heterocycles. The summed E-state index contributed by atoms with van der Waals surface area (Å²) in [5.74, 6) is -0.0532. The highest BCUT2D eigenvalue weighted by Gasteiger charge is 2.22. The van der Waals surface area contributed by atoms with Gasteiger partial charge in [-0.3, -0.25) is 4.79 Å². The molecule has 0 unspecified atom stereocenters. The molecule has 4 rings (SSSR count). The first-order valence-corrected chi connectivity index (χ1v) is 8.82. The number of rotatable bonds is 3. The first kappa shape index (κ1) is 16.8. The molecule has 132 valence electrons. The third-order valence-corrected chi connectivity index (χ3v) is 4.68. The minimum atomic E-state index is -0.0532. The number of hydrogen-bond donors (Lipinski definition) is 1. The van der Waals surface area contributed by atoms with E-state index in [1.54, 1.807) is 24.4 Å². The van der Waals surface area contributed by atoms with Gasteiger partial charge in [-0.1, -0.05) is 30.3 Å². The molecule has 0 spiro atoms. The second-order valence-corrected chi connectivity index (χ2v) is 6.50. The monoisotopic (exact) mass is 354 g/mol. The molecule has 0 fully saturated rings. The predicted octanol–water partition coefficient (Wildman–Crippen LogP) is 3.90. The molecule has 0 aliphatic carbocycles. The molecule has 5 heteroatoms. The van der Waals surface area contributed by atoms with E-state index in [0.29, 0.717) is 24.3 Å². The smallest absolute Gasteiger partial charge is 0.272 e. The fourth-order valence-corrected chi connectivity index (χ4v) is 3.26. The highest BCUT2D eigenvalue weighted by atomic mass is 16.2. The van der Waals surface area contributed by atoms with Gasteiger partial charge in [-0.05, 0) is 47.9 Å². The number of anilines is 2. The SMILES string of the molecule is N#Cc1cccc(Nc2ccc(C(=O)N3CCc4ccccc4C3)nc2)c1. The van der Waals surface area contributed by atoms with Crippen molar-refractivity contribution < 1.29 is 4.79 Å². The number of hydrogen-bond acceptors (Lipinski definition) is 4. The van der Waals surface area contributed by atoms with Crippen LogP contribution in [0.3, 0.4) is 0 Å². The predicted molar refractivity (Wildman–Crippen MR) is 104 cm³/mol. The molecule has 2 aromatic carbocycles. The zero-order valence-electron chi connectivity index (χ0n) is 14.7. The number of amides is 1. The number of aromatic nitrogens is 1. The molecule has 1 N–H and O–H groups in total. The van der Waals surface area contributed by atoms with E-state index < -0.39 is 0 Å². The Morgan fingerprint density at radius 1 is 1.04 bits per heavy atom. The lowest BCUT2D eigenvalue weighted by Gasteiger charge is -2.28. The van der Waals surface area contributed by atoms with Crippen molar-refractivity contribution in [3.05, 3.63) is 89.2 Å². The van der Waals surface area contributed by atoms with Crippen LogP contribution >= 0.6 is 0 Å². The van der Waals surface area contributed by atoms with E-state index in [1.165, 1.54) is 11.1 Å². The molecule has 0 saturated carbocycles. The molecule has 3 aromatic rings. The van der Waals surface area contributed by atoms with Crippen molar-refractivity contribution in [3.8, 4) is 6.07 Å². The number of nitrogens with zero attached hydrogens (tertiary/aromatic N) is 3. The molecule has 0 bridgehead atoms. The van der Waals surface area contributed by atoms with Crippen LogP contribution in [0.25, 0.3) is 0 Å². The van der Waals surface area contributed by atoms with Crippen LogP contribution in [0.1, 0.15) is 27.2 Å². The lowest BCUT2D eigenvalue weighted by molar-refractivity contribution is 0.0729. The number of benzene rings is 2.